The van der Waals surface area contributed by atoms with Crippen LogP contribution in [-0.2, 0) is 38.2 Å². The van der Waals surface area contributed by atoms with E-state index in [1.165, 1.54) is 13.8 Å². The Kier molecular flexibility index (Phi) is 8.41. The molecule has 0 spiro atoms. The highest BCUT2D eigenvalue weighted by Crippen LogP contribution is 2.25. The molecular formula is C16H22N2O8S. The molecule has 11 heteroatoms. The Hall–Kier alpha value is -2.43. The summed E-state index contributed by atoms with van der Waals surface area (Å²) in [6, 6.07) is 0. The molecule has 1 rings (SSSR count). The molecule has 1 aliphatic rings. The fourth-order valence-corrected chi connectivity index (χ4v) is 2.58. The lowest BCUT2D eigenvalue weighted by atomic mass is 9.86. The van der Waals surface area contributed by atoms with Crippen LogP contribution in [0.25, 0.3) is 0 Å². The van der Waals surface area contributed by atoms with Crippen molar-refractivity contribution in [3.63, 3.8) is 0 Å². The smallest absolute Gasteiger partial charge is 0.386 e. The van der Waals surface area contributed by atoms with E-state index in [1.54, 1.807) is 0 Å². The third-order valence-electron chi connectivity index (χ3n) is 3.51. The number of ketones is 1. The van der Waals surface area contributed by atoms with Gasteiger partial charge in [-0.15, -0.1) is 0 Å². The Morgan fingerprint density at radius 1 is 1.19 bits per heavy atom. The van der Waals surface area contributed by atoms with E-state index in [0.717, 1.165) is 6.92 Å². The largest absolute Gasteiger partial charge is 0.459 e. The van der Waals surface area contributed by atoms with Crippen LogP contribution in [0, 0.1) is 5.41 Å². The molecule has 2 N–H and O–H groups in total. The van der Waals surface area contributed by atoms with E-state index in [2.05, 4.69) is 10.6 Å². The summed E-state index contributed by atoms with van der Waals surface area (Å²) >= 11 is 0.654. The molecule has 1 fully saturated rings. The summed E-state index contributed by atoms with van der Waals surface area (Å²) in [7, 11) is 0. The Bertz CT molecular complexity index is 646. The van der Waals surface area contributed by atoms with Gasteiger partial charge in [0.2, 0.25) is 11.7 Å². The normalized spacial score (nSPS) is 20.2. The molecule has 1 saturated heterocycles. The molecule has 2 amide bonds. The van der Waals surface area contributed by atoms with E-state index in [0.29, 0.717) is 11.8 Å². The van der Waals surface area contributed by atoms with Gasteiger partial charge in [-0.3, -0.25) is 19.2 Å². The highest BCUT2D eigenvalue weighted by Gasteiger charge is 2.41. The Morgan fingerprint density at radius 3 is 2.48 bits per heavy atom. The predicted octanol–water partition coefficient (Wildman–Crippen LogP) is -1.05. The number of Topliss-reactive ketones (excluding diaryl/α,β-unsaturated/α-hetero) is 1. The minimum Gasteiger partial charge on any atom is -0.459 e. The van der Waals surface area contributed by atoms with Gasteiger partial charge in [0, 0.05) is 37.6 Å². The van der Waals surface area contributed by atoms with Crippen LogP contribution in [-0.4, -0.2) is 66.2 Å². The second kappa shape index (κ2) is 10.0. The zero-order valence-electron chi connectivity index (χ0n) is 15.3. The number of cyclic esters (lactones) is 1. The fourth-order valence-electron chi connectivity index (χ4n) is 2.03. The molecule has 0 saturated carbocycles. The lowest BCUT2D eigenvalue weighted by molar-refractivity contribution is -0.170. The van der Waals surface area contributed by atoms with Crippen LogP contribution < -0.4 is 10.6 Å². The van der Waals surface area contributed by atoms with E-state index in [9.17, 15) is 28.8 Å². The van der Waals surface area contributed by atoms with E-state index >= 15 is 0 Å². The van der Waals surface area contributed by atoms with Gasteiger partial charge in [0.25, 0.3) is 11.0 Å². The Labute approximate surface area is 160 Å². The SMILES string of the molecule is CC(=O)C(=O)OCC(C)(C)[C@H]1OC(=O)C(=O)SCCNC(=O)CCNC1=O. The minimum atomic E-state index is -1.47. The average molecular weight is 402 g/mol. The standard InChI is InChI=1S/C16H22N2O8S/c1-9(19)13(22)25-8-16(2,3)11-12(21)18-5-4-10(20)17-6-7-27-15(24)14(23)26-11/h11H,4-8H2,1-3H3,(H,17,20)(H,18,21)/t11-/m0/s1. The van der Waals surface area contributed by atoms with Crippen LogP contribution in [0.4, 0.5) is 0 Å². The second-order valence-electron chi connectivity index (χ2n) is 6.43. The topological polar surface area (TPSA) is 145 Å². The van der Waals surface area contributed by atoms with Crippen molar-refractivity contribution < 1.29 is 38.2 Å². The number of rotatable bonds is 4. The number of hydrogen-bond donors (Lipinski definition) is 2. The van der Waals surface area contributed by atoms with E-state index in [-0.39, 0.29) is 31.2 Å². The molecule has 1 atom stereocenters. The molecule has 0 bridgehead atoms. The van der Waals surface area contributed by atoms with E-state index in [4.69, 9.17) is 9.47 Å². The summed E-state index contributed by atoms with van der Waals surface area (Å²) in [5, 5.41) is 4.08. The molecular weight excluding hydrogens is 380 g/mol. The molecule has 0 radical (unpaired) electrons. The monoisotopic (exact) mass is 402 g/mol. The zero-order valence-corrected chi connectivity index (χ0v) is 16.1. The summed E-state index contributed by atoms with van der Waals surface area (Å²) in [4.78, 5) is 70.3. The molecule has 0 aromatic heterocycles. The van der Waals surface area contributed by atoms with Gasteiger partial charge in [-0.2, -0.15) is 0 Å². The van der Waals surface area contributed by atoms with Crippen LogP contribution in [0.5, 0.6) is 0 Å². The molecule has 10 nitrogen and oxygen atoms in total. The van der Waals surface area contributed by atoms with Gasteiger partial charge in [0.05, 0.1) is 0 Å². The van der Waals surface area contributed by atoms with Gasteiger partial charge in [-0.25, -0.2) is 9.59 Å². The third kappa shape index (κ3) is 7.37. The number of hydrogen-bond acceptors (Lipinski definition) is 9. The van der Waals surface area contributed by atoms with E-state index in [1.807, 2.05) is 0 Å². The summed E-state index contributed by atoms with van der Waals surface area (Å²) in [6.07, 6.45) is -1.47. The van der Waals surface area contributed by atoms with Crippen molar-refractivity contribution >= 4 is 46.4 Å². The molecule has 0 aromatic rings. The molecule has 1 heterocycles. The molecule has 150 valence electrons. The van der Waals surface area contributed by atoms with Crippen molar-refractivity contribution in [3.05, 3.63) is 0 Å². The number of carbonyl (C=O) groups excluding carboxylic acids is 6. The van der Waals surface area contributed by atoms with Crippen molar-refractivity contribution in [1.29, 1.82) is 0 Å². The van der Waals surface area contributed by atoms with Crippen molar-refractivity contribution in [2.45, 2.75) is 33.3 Å². The van der Waals surface area contributed by atoms with Gasteiger partial charge in [-0.1, -0.05) is 25.6 Å². The first kappa shape index (κ1) is 22.6. The first-order valence-corrected chi connectivity index (χ1v) is 9.13. The van der Waals surface area contributed by atoms with Crippen molar-refractivity contribution in [3.8, 4) is 0 Å². The summed E-state index contributed by atoms with van der Waals surface area (Å²) < 4.78 is 9.90. The highest BCUT2D eigenvalue weighted by atomic mass is 32.2. The maximum atomic E-state index is 12.5. The third-order valence-corrected chi connectivity index (χ3v) is 4.35. The molecule has 1 aliphatic heterocycles. The maximum Gasteiger partial charge on any atom is 0.386 e. The van der Waals surface area contributed by atoms with Crippen molar-refractivity contribution in [1.82, 2.24) is 10.6 Å². The maximum absolute atomic E-state index is 12.5. The molecule has 0 aliphatic carbocycles. The Balaban J connectivity index is 2.97. The van der Waals surface area contributed by atoms with Crippen LogP contribution in [0.3, 0.4) is 0 Å². The van der Waals surface area contributed by atoms with Gasteiger partial charge >= 0.3 is 11.9 Å². The van der Waals surface area contributed by atoms with Crippen molar-refractivity contribution in [2.75, 3.05) is 25.4 Å². The predicted molar refractivity (Wildman–Crippen MR) is 93.4 cm³/mol. The van der Waals surface area contributed by atoms with Gasteiger partial charge in [0.1, 0.15) is 6.61 Å². The first-order valence-electron chi connectivity index (χ1n) is 8.14. The molecule has 27 heavy (non-hydrogen) atoms. The summed E-state index contributed by atoms with van der Waals surface area (Å²) in [5.74, 6) is -4.04. The van der Waals surface area contributed by atoms with Crippen LogP contribution in [0.15, 0.2) is 0 Å². The van der Waals surface area contributed by atoms with E-state index < -0.39 is 46.9 Å². The van der Waals surface area contributed by atoms with Gasteiger partial charge in [-0.05, 0) is 0 Å². The number of ether oxygens (including phenoxy) is 2. The lowest BCUT2D eigenvalue weighted by Gasteiger charge is -2.31. The minimum absolute atomic E-state index is 0.00473. The summed E-state index contributed by atoms with van der Waals surface area (Å²) in [6.45, 7) is 3.75. The zero-order chi connectivity index (χ0) is 20.6. The first-order chi connectivity index (χ1) is 12.5. The number of amides is 2. The number of nitrogens with one attached hydrogen (secondary N) is 2. The highest BCUT2D eigenvalue weighted by molar-refractivity contribution is 8.15. The molecule has 0 unspecified atom stereocenters. The fraction of sp³-hybridized carbons (Fsp3) is 0.625. The van der Waals surface area contributed by atoms with Crippen LogP contribution >= 0.6 is 11.8 Å². The Morgan fingerprint density at radius 2 is 1.85 bits per heavy atom. The lowest BCUT2D eigenvalue weighted by Crippen LogP contribution is -2.50. The second-order valence-corrected chi connectivity index (χ2v) is 7.50. The van der Waals surface area contributed by atoms with Gasteiger partial charge < -0.3 is 20.1 Å². The number of esters is 2. The summed E-state index contributed by atoms with van der Waals surface area (Å²) in [5.41, 5.74) is -1.24. The van der Waals surface area contributed by atoms with Crippen LogP contribution in [0.1, 0.15) is 27.2 Å². The van der Waals surface area contributed by atoms with Crippen molar-refractivity contribution in [2.24, 2.45) is 5.41 Å². The van der Waals surface area contributed by atoms with Gasteiger partial charge in [0.15, 0.2) is 6.10 Å². The molecule has 0 aromatic carbocycles. The van der Waals surface area contributed by atoms with Crippen LogP contribution in [0.2, 0.25) is 0 Å². The average Bonchev–Trinajstić information content (AvgIpc) is 2.60. The quantitative estimate of drug-likeness (QED) is 0.444. The number of thioether (sulfide) groups is 1. The number of carbonyl (C=O) groups is 6.